The van der Waals surface area contributed by atoms with Crippen molar-refractivity contribution in [1.82, 2.24) is 9.97 Å². The third kappa shape index (κ3) is 4.24. The average molecular weight is 441 g/mol. The highest BCUT2D eigenvalue weighted by atomic mass is 32.1. The Labute approximate surface area is 180 Å². The standard InChI is InChI=1S/C22H17FN2O3S2/c1-13-19(30-20(24-13)14-7-9-15(23)10-8-14)22(26)28-11-16-12-29-21(25-16)17-5-3-4-6-18(17)27-2/h3-10,12H,11H2,1-2H3. The van der Waals surface area contributed by atoms with E-state index in [9.17, 15) is 9.18 Å². The fraction of sp³-hybridized carbons (Fsp3) is 0.136. The van der Waals surface area contributed by atoms with E-state index in [0.29, 0.717) is 21.3 Å². The largest absolute Gasteiger partial charge is 0.496 e. The number of thiazole rings is 2. The molecule has 2 heterocycles. The number of para-hydroxylation sites is 1. The number of halogens is 1. The summed E-state index contributed by atoms with van der Waals surface area (Å²) in [6.07, 6.45) is 0. The van der Waals surface area contributed by atoms with Crippen molar-refractivity contribution >= 4 is 28.6 Å². The minimum atomic E-state index is -0.454. The quantitative estimate of drug-likeness (QED) is 0.358. The van der Waals surface area contributed by atoms with Crippen LogP contribution in [0, 0.1) is 12.7 Å². The highest BCUT2D eigenvalue weighted by Gasteiger charge is 2.18. The van der Waals surface area contributed by atoms with Gasteiger partial charge in [0.15, 0.2) is 0 Å². The Morgan fingerprint density at radius 1 is 1.07 bits per heavy atom. The Kier molecular flexibility index (Phi) is 5.87. The number of ether oxygens (including phenoxy) is 2. The smallest absolute Gasteiger partial charge is 0.350 e. The number of aryl methyl sites for hydroxylation is 1. The average Bonchev–Trinajstić information content (AvgIpc) is 3.39. The molecule has 0 amide bonds. The highest BCUT2D eigenvalue weighted by molar-refractivity contribution is 7.17. The number of methoxy groups -OCH3 is 1. The van der Waals surface area contributed by atoms with Gasteiger partial charge in [0.2, 0.25) is 0 Å². The molecule has 4 rings (SSSR count). The first-order chi connectivity index (χ1) is 14.5. The van der Waals surface area contributed by atoms with Crippen LogP contribution in [0.25, 0.3) is 21.1 Å². The molecule has 0 saturated heterocycles. The molecule has 0 spiro atoms. The van der Waals surface area contributed by atoms with E-state index in [4.69, 9.17) is 9.47 Å². The molecule has 0 aliphatic carbocycles. The third-order valence-corrected chi connectivity index (χ3v) is 6.42. The van der Waals surface area contributed by atoms with Crippen molar-refractivity contribution < 1.29 is 18.7 Å². The monoisotopic (exact) mass is 440 g/mol. The summed E-state index contributed by atoms with van der Waals surface area (Å²) in [5.74, 6) is -0.0309. The molecule has 2 aromatic carbocycles. The van der Waals surface area contributed by atoms with Crippen LogP contribution >= 0.6 is 22.7 Å². The second-order valence-electron chi connectivity index (χ2n) is 6.36. The van der Waals surface area contributed by atoms with Gasteiger partial charge in [-0.05, 0) is 43.3 Å². The first-order valence-electron chi connectivity index (χ1n) is 9.03. The Bertz CT molecular complexity index is 1190. The van der Waals surface area contributed by atoms with Gasteiger partial charge in [-0.2, -0.15) is 0 Å². The highest BCUT2D eigenvalue weighted by Crippen LogP contribution is 2.32. The lowest BCUT2D eigenvalue weighted by Crippen LogP contribution is -2.05. The normalized spacial score (nSPS) is 10.8. The SMILES string of the molecule is COc1ccccc1-c1nc(COC(=O)c2sc(-c3ccc(F)cc3)nc2C)cs1. The second kappa shape index (κ2) is 8.73. The molecule has 0 fully saturated rings. The van der Waals surface area contributed by atoms with E-state index in [-0.39, 0.29) is 12.4 Å². The fourth-order valence-electron chi connectivity index (χ4n) is 2.83. The fourth-order valence-corrected chi connectivity index (χ4v) is 4.62. The van der Waals surface area contributed by atoms with E-state index in [1.165, 1.54) is 34.8 Å². The lowest BCUT2D eigenvalue weighted by Gasteiger charge is -2.04. The molecule has 8 heteroatoms. The van der Waals surface area contributed by atoms with Gasteiger partial charge in [-0.25, -0.2) is 19.2 Å². The van der Waals surface area contributed by atoms with E-state index in [0.717, 1.165) is 21.9 Å². The van der Waals surface area contributed by atoms with Crippen molar-refractivity contribution in [3.8, 4) is 26.9 Å². The molecular weight excluding hydrogens is 423 g/mol. The first-order valence-corrected chi connectivity index (χ1v) is 10.7. The zero-order valence-electron chi connectivity index (χ0n) is 16.2. The molecule has 0 unspecified atom stereocenters. The summed E-state index contributed by atoms with van der Waals surface area (Å²) in [6, 6.07) is 13.6. The topological polar surface area (TPSA) is 61.3 Å². The maximum Gasteiger partial charge on any atom is 0.350 e. The molecule has 5 nitrogen and oxygen atoms in total. The van der Waals surface area contributed by atoms with Gasteiger partial charge in [0, 0.05) is 10.9 Å². The number of nitrogens with zero attached hydrogens (tertiary/aromatic N) is 2. The minimum Gasteiger partial charge on any atom is -0.496 e. The van der Waals surface area contributed by atoms with E-state index in [1.54, 1.807) is 26.2 Å². The number of aromatic nitrogens is 2. The van der Waals surface area contributed by atoms with Crippen molar-refractivity contribution in [2.45, 2.75) is 13.5 Å². The lowest BCUT2D eigenvalue weighted by molar-refractivity contribution is 0.0473. The molecule has 0 N–H and O–H groups in total. The van der Waals surface area contributed by atoms with E-state index < -0.39 is 5.97 Å². The molecule has 0 saturated carbocycles. The lowest BCUT2D eigenvalue weighted by atomic mass is 10.2. The van der Waals surface area contributed by atoms with Crippen LogP contribution in [0.15, 0.2) is 53.9 Å². The minimum absolute atomic E-state index is 0.0632. The van der Waals surface area contributed by atoms with Gasteiger partial charge in [0.1, 0.15) is 33.1 Å². The molecule has 0 aliphatic heterocycles. The predicted molar refractivity (Wildman–Crippen MR) is 115 cm³/mol. The zero-order chi connectivity index (χ0) is 21.1. The number of esters is 1. The summed E-state index contributed by atoms with van der Waals surface area (Å²) >= 11 is 2.69. The predicted octanol–water partition coefficient (Wildman–Crippen LogP) is 5.75. The molecule has 0 atom stereocenters. The van der Waals surface area contributed by atoms with Gasteiger partial charge in [-0.15, -0.1) is 22.7 Å². The summed E-state index contributed by atoms with van der Waals surface area (Å²) in [5, 5.41) is 3.30. The number of hydrogen-bond donors (Lipinski definition) is 0. The zero-order valence-corrected chi connectivity index (χ0v) is 17.8. The maximum atomic E-state index is 13.1. The Hall–Kier alpha value is -3.10. The van der Waals surface area contributed by atoms with Gasteiger partial charge in [0.25, 0.3) is 0 Å². The molecule has 30 heavy (non-hydrogen) atoms. The number of carbonyl (C=O) groups excluding carboxylic acids is 1. The number of hydrogen-bond acceptors (Lipinski definition) is 7. The van der Waals surface area contributed by atoms with Gasteiger partial charge >= 0.3 is 5.97 Å². The van der Waals surface area contributed by atoms with E-state index in [2.05, 4.69) is 9.97 Å². The number of rotatable bonds is 6. The maximum absolute atomic E-state index is 13.1. The van der Waals surface area contributed by atoms with Gasteiger partial charge in [-0.1, -0.05) is 12.1 Å². The van der Waals surface area contributed by atoms with Crippen LogP contribution < -0.4 is 4.74 Å². The van der Waals surface area contributed by atoms with Crippen molar-refractivity contribution in [2.75, 3.05) is 7.11 Å². The van der Waals surface area contributed by atoms with Crippen LogP contribution in [0.4, 0.5) is 4.39 Å². The summed E-state index contributed by atoms with van der Waals surface area (Å²) < 4.78 is 24.0. The van der Waals surface area contributed by atoms with Crippen molar-refractivity contribution in [3.05, 3.63) is 76.0 Å². The van der Waals surface area contributed by atoms with Crippen LogP contribution in [0.1, 0.15) is 21.1 Å². The van der Waals surface area contributed by atoms with Gasteiger partial charge in [0.05, 0.1) is 24.1 Å². The molecule has 0 aliphatic rings. The van der Waals surface area contributed by atoms with E-state index >= 15 is 0 Å². The molecule has 4 aromatic rings. The summed E-state index contributed by atoms with van der Waals surface area (Å²) in [5.41, 5.74) is 2.89. The summed E-state index contributed by atoms with van der Waals surface area (Å²) in [6.45, 7) is 1.82. The van der Waals surface area contributed by atoms with Gasteiger partial charge < -0.3 is 9.47 Å². The van der Waals surface area contributed by atoms with Crippen LogP contribution in [0.5, 0.6) is 5.75 Å². The first kappa shape index (κ1) is 20.2. The Balaban J connectivity index is 1.46. The van der Waals surface area contributed by atoms with Gasteiger partial charge in [-0.3, -0.25) is 0 Å². The van der Waals surface area contributed by atoms with Crippen molar-refractivity contribution in [1.29, 1.82) is 0 Å². The second-order valence-corrected chi connectivity index (χ2v) is 8.22. The Morgan fingerprint density at radius 2 is 1.83 bits per heavy atom. The summed E-state index contributed by atoms with van der Waals surface area (Å²) in [7, 11) is 1.62. The number of carbonyl (C=O) groups is 1. The molecule has 152 valence electrons. The molecule has 2 aromatic heterocycles. The molecular formula is C22H17FN2O3S2. The van der Waals surface area contributed by atoms with Crippen LogP contribution in [0.2, 0.25) is 0 Å². The molecule has 0 radical (unpaired) electrons. The van der Waals surface area contributed by atoms with Crippen LogP contribution in [-0.2, 0) is 11.3 Å². The van der Waals surface area contributed by atoms with Crippen molar-refractivity contribution in [2.24, 2.45) is 0 Å². The van der Waals surface area contributed by atoms with Crippen LogP contribution in [-0.4, -0.2) is 23.0 Å². The van der Waals surface area contributed by atoms with Crippen molar-refractivity contribution in [3.63, 3.8) is 0 Å². The van der Waals surface area contributed by atoms with Crippen LogP contribution in [0.3, 0.4) is 0 Å². The summed E-state index contributed by atoms with van der Waals surface area (Å²) in [4.78, 5) is 22.0. The molecule has 0 bridgehead atoms. The number of benzene rings is 2. The van der Waals surface area contributed by atoms with E-state index in [1.807, 2.05) is 29.6 Å². The third-order valence-electron chi connectivity index (χ3n) is 4.31. The Morgan fingerprint density at radius 3 is 2.60 bits per heavy atom.